The number of carbonyl (C=O) groups excluding carboxylic acids is 1. The highest BCUT2D eigenvalue weighted by Gasteiger charge is 2.35. The van der Waals surface area contributed by atoms with Gasteiger partial charge in [0.15, 0.2) is 0 Å². The number of anilines is 1. The molecule has 7 nitrogen and oxygen atoms in total. The number of aliphatic imine (C=N–C) groups is 1. The van der Waals surface area contributed by atoms with E-state index in [0.717, 1.165) is 92.3 Å². The van der Waals surface area contributed by atoms with E-state index in [-0.39, 0.29) is 5.91 Å². The summed E-state index contributed by atoms with van der Waals surface area (Å²) in [6.07, 6.45) is 4.98. The van der Waals surface area contributed by atoms with Gasteiger partial charge in [0, 0.05) is 73.1 Å². The first kappa shape index (κ1) is 24.5. The number of pyridine rings is 1. The lowest BCUT2D eigenvalue weighted by Crippen LogP contribution is -2.58. The number of rotatable bonds is 5. The second-order valence-corrected chi connectivity index (χ2v) is 10.8. The highest BCUT2D eigenvalue weighted by molar-refractivity contribution is 9.10. The first-order chi connectivity index (χ1) is 17.0. The maximum absolute atomic E-state index is 12.9. The number of likely N-dealkylation sites (tertiary alicyclic amines) is 1. The molecule has 3 aliphatic rings. The number of halogens is 2. The molecule has 1 aromatic heterocycles. The van der Waals surface area contributed by atoms with E-state index in [2.05, 4.69) is 43.0 Å². The molecule has 35 heavy (non-hydrogen) atoms. The van der Waals surface area contributed by atoms with Gasteiger partial charge < -0.3 is 15.1 Å². The molecular weight excluding hydrogens is 528 g/mol. The standard InChI is InChI=1S/C26H32BrClN6O/c1-2-21-17-33(25-23(28)15-19(16-31-25)24-29-9-10-30-24)13-14-34(21)22-7-11-32(12-8-22)26(35)18-3-5-20(27)6-4-18/h3-6,15-16,21-22H,2,7-14,17H2,1H3,(H,29,30)/t21-/m0/s1. The fourth-order valence-electron chi connectivity index (χ4n) is 5.47. The van der Waals surface area contributed by atoms with E-state index in [9.17, 15) is 4.79 Å². The molecule has 3 aliphatic heterocycles. The van der Waals surface area contributed by atoms with Crippen molar-refractivity contribution in [2.24, 2.45) is 4.99 Å². The fraction of sp³-hybridized carbons (Fsp3) is 0.500. The van der Waals surface area contributed by atoms with Crippen LogP contribution in [0.4, 0.5) is 5.82 Å². The van der Waals surface area contributed by atoms with Gasteiger partial charge in [0.2, 0.25) is 0 Å². The predicted molar refractivity (Wildman–Crippen MR) is 145 cm³/mol. The molecule has 4 heterocycles. The Labute approximate surface area is 220 Å². The summed E-state index contributed by atoms with van der Waals surface area (Å²) in [7, 11) is 0. The molecule has 2 aromatic rings. The number of amides is 1. The van der Waals surface area contributed by atoms with E-state index in [4.69, 9.17) is 16.6 Å². The van der Waals surface area contributed by atoms with E-state index in [1.165, 1.54) is 0 Å². The Hall–Kier alpha value is -2.16. The summed E-state index contributed by atoms with van der Waals surface area (Å²) in [6.45, 7) is 8.34. The van der Waals surface area contributed by atoms with Crippen molar-refractivity contribution >= 4 is 45.1 Å². The Balaban J connectivity index is 1.19. The maximum atomic E-state index is 12.9. The lowest BCUT2D eigenvalue weighted by molar-refractivity contribution is 0.0491. The van der Waals surface area contributed by atoms with Crippen LogP contribution in [0.25, 0.3) is 0 Å². The summed E-state index contributed by atoms with van der Waals surface area (Å²) in [5, 5.41) is 3.97. The molecule has 2 fully saturated rings. The van der Waals surface area contributed by atoms with Crippen LogP contribution in [0.3, 0.4) is 0 Å². The van der Waals surface area contributed by atoms with Crippen molar-refractivity contribution in [3.8, 4) is 0 Å². The van der Waals surface area contributed by atoms with Crippen LogP contribution in [0.15, 0.2) is 46.0 Å². The van der Waals surface area contributed by atoms with Gasteiger partial charge in [0.1, 0.15) is 11.7 Å². The largest absolute Gasteiger partial charge is 0.368 e. The van der Waals surface area contributed by atoms with Gasteiger partial charge in [-0.05, 0) is 49.6 Å². The van der Waals surface area contributed by atoms with Crippen molar-refractivity contribution in [3.05, 3.63) is 57.2 Å². The fourth-order valence-corrected chi connectivity index (χ4v) is 6.02. The van der Waals surface area contributed by atoms with E-state index in [1.54, 1.807) is 0 Å². The van der Waals surface area contributed by atoms with E-state index in [0.29, 0.717) is 17.1 Å². The van der Waals surface area contributed by atoms with Crippen LogP contribution in [-0.4, -0.2) is 84.4 Å². The van der Waals surface area contributed by atoms with Crippen molar-refractivity contribution in [3.63, 3.8) is 0 Å². The zero-order valence-corrected chi connectivity index (χ0v) is 22.4. The lowest BCUT2D eigenvalue weighted by atomic mass is 9.97. The zero-order valence-electron chi connectivity index (χ0n) is 20.1. The van der Waals surface area contributed by atoms with E-state index < -0.39 is 0 Å². The van der Waals surface area contributed by atoms with Gasteiger partial charge in [-0.1, -0.05) is 34.5 Å². The number of hydrogen-bond acceptors (Lipinski definition) is 6. The summed E-state index contributed by atoms with van der Waals surface area (Å²) in [4.78, 5) is 29.1. The molecule has 2 saturated heterocycles. The Kier molecular flexibility index (Phi) is 7.60. The minimum absolute atomic E-state index is 0.135. The molecule has 5 rings (SSSR count). The molecule has 0 bridgehead atoms. The molecule has 0 radical (unpaired) electrons. The number of piperidine rings is 1. The Morgan fingerprint density at radius 3 is 2.60 bits per heavy atom. The van der Waals surface area contributed by atoms with Gasteiger partial charge in [-0.2, -0.15) is 0 Å². The minimum atomic E-state index is 0.135. The third kappa shape index (κ3) is 5.34. The summed E-state index contributed by atoms with van der Waals surface area (Å²) < 4.78 is 0.991. The van der Waals surface area contributed by atoms with Crippen LogP contribution in [0.1, 0.15) is 42.1 Å². The van der Waals surface area contributed by atoms with Crippen LogP contribution < -0.4 is 10.2 Å². The highest BCUT2D eigenvalue weighted by atomic mass is 79.9. The molecule has 0 aliphatic carbocycles. The van der Waals surface area contributed by atoms with Crippen molar-refractivity contribution in [2.45, 2.75) is 38.3 Å². The van der Waals surface area contributed by atoms with Crippen LogP contribution in [0, 0.1) is 0 Å². The van der Waals surface area contributed by atoms with Gasteiger partial charge in [0.25, 0.3) is 5.91 Å². The maximum Gasteiger partial charge on any atom is 0.253 e. The summed E-state index contributed by atoms with van der Waals surface area (Å²) in [5.41, 5.74) is 1.71. The average molecular weight is 560 g/mol. The van der Waals surface area contributed by atoms with E-state index in [1.807, 2.05) is 41.4 Å². The first-order valence-electron chi connectivity index (χ1n) is 12.5. The predicted octanol–water partition coefficient (Wildman–Crippen LogP) is 4.05. The quantitative estimate of drug-likeness (QED) is 0.599. The van der Waals surface area contributed by atoms with Crippen molar-refractivity contribution in [1.29, 1.82) is 0 Å². The Morgan fingerprint density at radius 2 is 1.94 bits per heavy atom. The van der Waals surface area contributed by atoms with Gasteiger partial charge in [-0.3, -0.25) is 14.7 Å². The first-order valence-corrected chi connectivity index (χ1v) is 13.7. The highest BCUT2D eigenvalue weighted by Crippen LogP contribution is 2.30. The number of hydrogen-bond donors (Lipinski definition) is 1. The molecule has 1 N–H and O–H groups in total. The normalized spacial score (nSPS) is 21.7. The monoisotopic (exact) mass is 558 g/mol. The number of carbonyl (C=O) groups is 1. The molecule has 0 unspecified atom stereocenters. The van der Waals surface area contributed by atoms with Gasteiger partial charge >= 0.3 is 0 Å². The molecular formula is C26H32BrClN6O. The molecule has 1 atom stereocenters. The number of nitrogens with zero attached hydrogens (tertiary/aromatic N) is 5. The third-order valence-corrected chi connectivity index (χ3v) is 8.19. The Morgan fingerprint density at radius 1 is 1.17 bits per heavy atom. The Bertz CT molecular complexity index is 1090. The van der Waals surface area contributed by atoms with Gasteiger partial charge in [0.05, 0.1) is 11.6 Å². The number of aromatic nitrogens is 1. The molecule has 186 valence electrons. The summed E-state index contributed by atoms with van der Waals surface area (Å²) >= 11 is 10.1. The molecule has 1 amide bonds. The number of benzene rings is 1. The molecule has 9 heteroatoms. The van der Waals surface area contributed by atoms with Crippen molar-refractivity contribution in [1.82, 2.24) is 20.1 Å². The van der Waals surface area contributed by atoms with Gasteiger partial charge in [-0.15, -0.1) is 0 Å². The van der Waals surface area contributed by atoms with Crippen LogP contribution in [0.2, 0.25) is 5.02 Å². The third-order valence-electron chi connectivity index (χ3n) is 7.38. The molecule has 0 spiro atoms. The number of nitrogens with one attached hydrogen (secondary N) is 1. The zero-order chi connectivity index (χ0) is 24.4. The number of amidine groups is 1. The molecule has 1 aromatic carbocycles. The lowest BCUT2D eigenvalue weighted by Gasteiger charge is -2.47. The van der Waals surface area contributed by atoms with Crippen molar-refractivity contribution < 1.29 is 4.79 Å². The second kappa shape index (κ2) is 10.8. The molecule has 0 saturated carbocycles. The summed E-state index contributed by atoms with van der Waals surface area (Å²) in [6, 6.07) is 10.6. The SMILES string of the molecule is CC[C@H]1CN(c2ncc(C3=NCCN3)cc2Cl)CCN1C1CCN(C(=O)c2ccc(Br)cc2)CC1. The van der Waals surface area contributed by atoms with Crippen LogP contribution >= 0.6 is 27.5 Å². The smallest absolute Gasteiger partial charge is 0.253 e. The minimum Gasteiger partial charge on any atom is -0.368 e. The van der Waals surface area contributed by atoms with E-state index >= 15 is 0 Å². The average Bonchev–Trinajstić information content (AvgIpc) is 3.44. The summed E-state index contributed by atoms with van der Waals surface area (Å²) in [5.74, 6) is 1.88. The van der Waals surface area contributed by atoms with Crippen LogP contribution in [-0.2, 0) is 0 Å². The van der Waals surface area contributed by atoms with Crippen molar-refractivity contribution in [2.75, 3.05) is 50.7 Å². The topological polar surface area (TPSA) is 64.1 Å². The number of piperazine rings is 1. The van der Waals surface area contributed by atoms with Gasteiger partial charge in [-0.25, -0.2) is 4.98 Å². The second-order valence-electron chi connectivity index (χ2n) is 9.46. The van der Waals surface area contributed by atoms with Crippen LogP contribution in [0.5, 0.6) is 0 Å².